The van der Waals surface area contributed by atoms with Gasteiger partial charge in [-0.15, -0.1) is 6.42 Å². The Morgan fingerprint density at radius 2 is 1.75 bits per heavy atom. The Kier molecular flexibility index (Phi) is 5.30. The predicted octanol–water partition coefficient (Wildman–Crippen LogP) is 0.594. The molecule has 1 amide bonds. The molecule has 0 aliphatic rings. The van der Waals surface area contributed by atoms with Crippen LogP contribution in [0.5, 0.6) is 0 Å². The summed E-state index contributed by atoms with van der Waals surface area (Å²) in [6.45, 7) is 0. The van der Waals surface area contributed by atoms with Gasteiger partial charge in [-0.05, 0) is 12.1 Å². The molecule has 3 N–H and O–H groups in total. The number of nitrogens with one attached hydrogen (secondary N) is 1. The number of carbonyl (C=O) groups is 3. The highest BCUT2D eigenvalue weighted by Gasteiger charge is 2.27. The van der Waals surface area contributed by atoms with Gasteiger partial charge < -0.3 is 15.5 Å². The van der Waals surface area contributed by atoms with Gasteiger partial charge in [0.15, 0.2) is 0 Å². The maximum Gasteiger partial charge on any atom is 0.326 e. The van der Waals surface area contributed by atoms with Crippen molar-refractivity contribution >= 4 is 17.8 Å². The van der Waals surface area contributed by atoms with Gasteiger partial charge in [-0.3, -0.25) is 9.59 Å². The molecule has 1 unspecified atom stereocenters. The number of amides is 1. The molecule has 0 spiro atoms. The maximum absolute atomic E-state index is 11.8. The largest absolute Gasteiger partial charge is 0.480 e. The van der Waals surface area contributed by atoms with E-state index in [9.17, 15) is 14.4 Å². The average Bonchev–Trinajstić information content (AvgIpc) is 2.43. The summed E-state index contributed by atoms with van der Waals surface area (Å²) in [4.78, 5) is 33.7. The van der Waals surface area contributed by atoms with Crippen molar-refractivity contribution in [2.45, 2.75) is 12.5 Å². The summed E-state index contributed by atoms with van der Waals surface area (Å²) in [5.74, 6) is -2.52. The van der Waals surface area contributed by atoms with E-state index in [0.717, 1.165) is 0 Å². The summed E-state index contributed by atoms with van der Waals surface area (Å²) in [5.41, 5.74) is 0.284. The average molecular weight is 275 g/mol. The Morgan fingerprint density at radius 1 is 1.15 bits per heavy atom. The summed E-state index contributed by atoms with van der Waals surface area (Å²) in [6.07, 6.45) is 4.65. The smallest absolute Gasteiger partial charge is 0.326 e. The first-order valence-corrected chi connectivity index (χ1v) is 5.73. The number of terminal acetylenes is 1. The Balaban J connectivity index is 2.79. The van der Waals surface area contributed by atoms with Gasteiger partial charge in [0.25, 0.3) is 5.91 Å². The van der Waals surface area contributed by atoms with Crippen molar-refractivity contribution in [3.63, 3.8) is 0 Å². The van der Waals surface area contributed by atoms with Crippen LogP contribution in [0.15, 0.2) is 30.3 Å². The molecule has 0 saturated carbocycles. The van der Waals surface area contributed by atoms with Crippen LogP contribution in [0.4, 0.5) is 0 Å². The first-order valence-electron chi connectivity index (χ1n) is 5.73. The van der Waals surface area contributed by atoms with Gasteiger partial charge in [-0.1, -0.05) is 24.1 Å². The van der Waals surface area contributed by atoms with Crippen molar-refractivity contribution in [1.29, 1.82) is 0 Å². The van der Waals surface area contributed by atoms with Gasteiger partial charge in [-0.2, -0.15) is 0 Å². The molecule has 0 bridgehead atoms. The monoisotopic (exact) mass is 275 g/mol. The van der Waals surface area contributed by atoms with Crippen LogP contribution >= 0.6 is 0 Å². The molecule has 6 nitrogen and oxygen atoms in total. The van der Waals surface area contributed by atoms with Gasteiger partial charge in [-0.25, -0.2) is 4.79 Å². The fourth-order valence-corrected chi connectivity index (χ4v) is 1.53. The molecule has 1 rings (SSSR count). The summed E-state index contributed by atoms with van der Waals surface area (Å²) < 4.78 is 0. The van der Waals surface area contributed by atoms with E-state index in [-0.39, 0.29) is 12.0 Å². The normalized spacial score (nSPS) is 12.8. The molecular weight excluding hydrogens is 262 g/mol. The number of carboxylic acid groups (broad SMARTS) is 2. The van der Waals surface area contributed by atoms with Gasteiger partial charge in [0, 0.05) is 12.0 Å². The van der Waals surface area contributed by atoms with Crippen LogP contribution in [-0.4, -0.2) is 34.1 Å². The van der Waals surface area contributed by atoms with Crippen LogP contribution in [0.1, 0.15) is 16.8 Å². The minimum Gasteiger partial charge on any atom is -0.480 e. The van der Waals surface area contributed by atoms with E-state index in [1.807, 2.05) is 5.92 Å². The molecule has 2 atom stereocenters. The summed E-state index contributed by atoms with van der Waals surface area (Å²) >= 11 is 0. The lowest BCUT2D eigenvalue weighted by Crippen LogP contribution is -2.42. The molecule has 0 aromatic heterocycles. The molecule has 0 aliphatic carbocycles. The highest BCUT2D eigenvalue weighted by molar-refractivity contribution is 5.96. The van der Waals surface area contributed by atoms with Crippen molar-refractivity contribution in [1.82, 2.24) is 5.32 Å². The van der Waals surface area contributed by atoms with E-state index in [4.69, 9.17) is 16.6 Å². The number of rotatable bonds is 6. The zero-order valence-electron chi connectivity index (χ0n) is 10.4. The second-order valence-corrected chi connectivity index (χ2v) is 4.02. The lowest BCUT2D eigenvalue weighted by Gasteiger charge is -2.16. The topological polar surface area (TPSA) is 104 Å². The summed E-state index contributed by atoms with van der Waals surface area (Å²) in [5, 5.41) is 20.1. The molecule has 1 aromatic rings. The highest BCUT2D eigenvalue weighted by Crippen LogP contribution is 2.08. The molecule has 0 aliphatic heterocycles. The quantitative estimate of drug-likeness (QED) is 0.659. The SMILES string of the molecule is C#CC(C[C@H](NC(=O)c1ccccc1)C(=O)O)C(=O)O. The third-order valence-corrected chi connectivity index (χ3v) is 2.61. The molecule has 0 fully saturated rings. The molecule has 104 valence electrons. The second-order valence-electron chi connectivity index (χ2n) is 4.02. The van der Waals surface area contributed by atoms with E-state index in [0.29, 0.717) is 0 Å². The van der Waals surface area contributed by atoms with Crippen LogP contribution in [0.25, 0.3) is 0 Å². The number of hydrogen-bond acceptors (Lipinski definition) is 3. The predicted molar refractivity (Wildman–Crippen MR) is 69.9 cm³/mol. The van der Waals surface area contributed by atoms with Gasteiger partial charge in [0.05, 0.1) is 0 Å². The molecule has 0 radical (unpaired) electrons. The van der Waals surface area contributed by atoms with Crippen molar-refractivity contribution in [2.75, 3.05) is 0 Å². The molecular formula is C14H13NO5. The molecule has 0 saturated heterocycles. The zero-order chi connectivity index (χ0) is 15.1. The van der Waals surface area contributed by atoms with E-state index < -0.39 is 29.8 Å². The Labute approximate surface area is 115 Å². The van der Waals surface area contributed by atoms with Crippen LogP contribution in [0.2, 0.25) is 0 Å². The molecule has 0 heterocycles. The van der Waals surface area contributed by atoms with Gasteiger partial charge in [0.1, 0.15) is 12.0 Å². The number of benzene rings is 1. The van der Waals surface area contributed by atoms with E-state index >= 15 is 0 Å². The third-order valence-electron chi connectivity index (χ3n) is 2.61. The molecule has 20 heavy (non-hydrogen) atoms. The minimum atomic E-state index is -1.36. The highest BCUT2D eigenvalue weighted by atomic mass is 16.4. The third kappa shape index (κ3) is 4.14. The number of aliphatic carboxylic acids is 2. The number of carbonyl (C=O) groups excluding carboxylic acids is 1. The van der Waals surface area contributed by atoms with Crippen molar-refractivity contribution < 1.29 is 24.6 Å². The maximum atomic E-state index is 11.8. The number of hydrogen-bond donors (Lipinski definition) is 3. The van der Waals surface area contributed by atoms with E-state index in [2.05, 4.69) is 5.32 Å². The Hall–Kier alpha value is -2.81. The van der Waals surface area contributed by atoms with Crippen molar-refractivity contribution in [2.24, 2.45) is 5.92 Å². The summed E-state index contributed by atoms with van der Waals surface area (Å²) in [6, 6.07) is 6.65. The van der Waals surface area contributed by atoms with Crippen LogP contribution in [0.3, 0.4) is 0 Å². The van der Waals surface area contributed by atoms with Gasteiger partial charge >= 0.3 is 11.9 Å². The Morgan fingerprint density at radius 3 is 2.20 bits per heavy atom. The van der Waals surface area contributed by atoms with Gasteiger partial charge in [0.2, 0.25) is 0 Å². The second kappa shape index (κ2) is 6.95. The zero-order valence-corrected chi connectivity index (χ0v) is 10.4. The Bertz CT molecular complexity index is 546. The van der Waals surface area contributed by atoms with E-state index in [1.54, 1.807) is 18.2 Å². The molecule has 1 aromatic carbocycles. The van der Waals surface area contributed by atoms with Crippen molar-refractivity contribution in [3.05, 3.63) is 35.9 Å². The van der Waals surface area contributed by atoms with Crippen LogP contribution in [0, 0.1) is 18.3 Å². The standard InChI is InChI=1S/C14H13NO5/c1-2-9(13(17)18)8-11(14(19)20)15-12(16)10-6-4-3-5-7-10/h1,3-7,9,11H,8H2,(H,15,16)(H,17,18)(H,19,20)/t9?,11-/m0/s1. The minimum absolute atomic E-state index is 0.284. The molecule has 6 heteroatoms. The summed E-state index contributed by atoms with van der Waals surface area (Å²) in [7, 11) is 0. The fourth-order valence-electron chi connectivity index (χ4n) is 1.53. The van der Waals surface area contributed by atoms with Crippen LogP contribution in [-0.2, 0) is 9.59 Å². The van der Waals surface area contributed by atoms with Crippen molar-refractivity contribution in [3.8, 4) is 12.3 Å². The first-order chi connectivity index (χ1) is 9.45. The first kappa shape index (κ1) is 15.2. The van der Waals surface area contributed by atoms with E-state index in [1.165, 1.54) is 12.1 Å². The lowest BCUT2D eigenvalue weighted by atomic mass is 10.0. The number of carboxylic acids is 2. The lowest BCUT2D eigenvalue weighted by molar-refractivity contribution is -0.142. The fraction of sp³-hybridized carbons (Fsp3) is 0.214. The van der Waals surface area contributed by atoms with Crippen LogP contribution < -0.4 is 5.32 Å².